The lowest BCUT2D eigenvalue weighted by molar-refractivity contribution is -0.113. The van der Waals surface area contributed by atoms with Crippen LogP contribution in [-0.2, 0) is 16.1 Å². The van der Waals surface area contributed by atoms with Crippen molar-refractivity contribution in [2.45, 2.75) is 44.5 Å². The van der Waals surface area contributed by atoms with Gasteiger partial charge in [-0.15, -0.1) is 0 Å². The van der Waals surface area contributed by atoms with Crippen LogP contribution in [0.1, 0.15) is 37.5 Å². The first-order valence-corrected chi connectivity index (χ1v) is 11.8. The van der Waals surface area contributed by atoms with Crippen LogP contribution >= 0.6 is 0 Å². The second-order valence-electron chi connectivity index (χ2n) is 8.98. The largest absolute Gasteiger partial charge is 0.396 e. The Bertz CT molecular complexity index is 1060. The smallest absolute Gasteiger partial charge is 0.253 e. The van der Waals surface area contributed by atoms with Crippen molar-refractivity contribution in [2.24, 2.45) is 11.7 Å². The van der Waals surface area contributed by atoms with E-state index in [-0.39, 0.29) is 18.6 Å². The number of rotatable bonds is 9. The number of hydrogen-bond acceptors (Lipinski definition) is 8. The number of nitrogens with one attached hydrogen (secondary N) is 1. The van der Waals surface area contributed by atoms with Gasteiger partial charge in [0.2, 0.25) is 5.95 Å². The normalized spacial score (nSPS) is 20.5. The molecule has 5 N–H and O–H groups in total. The minimum absolute atomic E-state index is 0.181. The third-order valence-electron chi connectivity index (χ3n) is 6.52. The Labute approximate surface area is 199 Å². The summed E-state index contributed by atoms with van der Waals surface area (Å²) in [7, 11) is 1.65. The van der Waals surface area contributed by atoms with Gasteiger partial charge in [0.05, 0.1) is 0 Å². The summed E-state index contributed by atoms with van der Waals surface area (Å²) in [5.74, 6) is 0.459. The Morgan fingerprint density at radius 3 is 2.88 bits per heavy atom. The van der Waals surface area contributed by atoms with E-state index >= 15 is 0 Å². The first-order chi connectivity index (χ1) is 16.5. The van der Waals surface area contributed by atoms with E-state index < -0.39 is 6.23 Å². The summed E-state index contributed by atoms with van der Waals surface area (Å²) in [4.78, 5) is 24.1. The number of carbonyl (C=O) groups excluding carboxylic acids is 1. The summed E-state index contributed by atoms with van der Waals surface area (Å²) in [5, 5.41) is 23.2. The van der Waals surface area contributed by atoms with Crippen molar-refractivity contribution in [3.63, 3.8) is 0 Å². The molecule has 34 heavy (non-hydrogen) atoms. The number of piperidine rings is 1. The van der Waals surface area contributed by atoms with E-state index in [4.69, 9.17) is 10.5 Å². The molecule has 2 aromatic heterocycles. The molecular weight excluding hydrogens is 436 g/mol. The summed E-state index contributed by atoms with van der Waals surface area (Å²) >= 11 is 0. The first-order valence-electron chi connectivity index (χ1n) is 11.8. The number of aromatic nitrogens is 3. The Morgan fingerprint density at radius 2 is 2.18 bits per heavy atom. The van der Waals surface area contributed by atoms with Gasteiger partial charge >= 0.3 is 0 Å². The van der Waals surface area contributed by atoms with E-state index in [9.17, 15) is 15.0 Å². The van der Waals surface area contributed by atoms with Gasteiger partial charge in [-0.05, 0) is 37.7 Å². The minimum atomic E-state index is -0.797. The van der Waals surface area contributed by atoms with Gasteiger partial charge in [-0.3, -0.25) is 19.6 Å². The van der Waals surface area contributed by atoms with E-state index in [0.717, 1.165) is 19.3 Å². The molecule has 1 amide bonds. The Morgan fingerprint density at radius 1 is 1.38 bits per heavy atom. The number of methoxy groups -OCH3 is 1. The third-order valence-corrected chi connectivity index (χ3v) is 6.52. The van der Waals surface area contributed by atoms with Crippen LogP contribution in [0.2, 0.25) is 0 Å². The average Bonchev–Trinajstić information content (AvgIpc) is 3.19. The number of pyridine rings is 1. The maximum Gasteiger partial charge on any atom is 0.253 e. The molecule has 1 aliphatic carbocycles. The molecule has 2 unspecified atom stereocenters. The molecule has 184 valence electrons. The molecule has 0 aromatic carbocycles. The molecule has 0 spiro atoms. The maximum atomic E-state index is 12.9. The molecule has 1 fully saturated rings. The van der Waals surface area contributed by atoms with Gasteiger partial charge in [-0.1, -0.05) is 18.2 Å². The molecule has 2 atom stereocenters. The number of amides is 1. The maximum absolute atomic E-state index is 12.9. The highest BCUT2D eigenvalue weighted by molar-refractivity contribution is 6.04. The average molecular weight is 471 g/mol. The minimum Gasteiger partial charge on any atom is -0.396 e. The fourth-order valence-electron chi connectivity index (χ4n) is 4.49. The van der Waals surface area contributed by atoms with Crippen LogP contribution < -0.4 is 11.1 Å². The monoisotopic (exact) mass is 470 g/mol. The second-order valence-corrected chi connectivity index (χ2v) is 8.98. The van der Waals surface area contributed by atoms with Crippen LogP contribution in [0.5, 0.6) is 0 Å². The summed E-state index contributed by atoms with van der Waals surface area (Å²) in [6, 6.07) is 1.64. The quantitative estimate of drug-likeness (QED) is 0.403. The molecule has 10 heteroatoms. The fourth-order valence-corrected chi connectivity index (χ4v) is 4.49. The number of aliphatic hydroxyl groups is 2. The van der Waals surface area contributed by atoms with E-state index in [1.807, 2.05) is 21.6 Å². The highest BCUT2D eigenvalue weighted by Gasteiger charge is 2.26. The molecule has 0 radical (unpaired) electrons. The number of carbonyl (C=O) groups is 1. The van der Waals surface area contributed by atoms with Crippen LogP contribution in [0.4, 0.5) is 5.95 Å². The third kappa shape index (κ3) is 5.53. The lowest BCUT2D eigenvalue weighted by atomic mass is 9.97. The number of fused-ring (bicyclic) bond motifs is 1. The predicted octanol–water partition coefficient (Wildman–Crippen LogP) is 1.32. The van der Waals surface area contributed by atoms with Crippen molar-refractivity contribution < 1.29 is 19.7 Å². The van der Waals surface area contributed by atoms with Gasteiger partial charge in [0.15, 0.2) is 5.65 Å². The van der Waals surface area contributed by atoms with Crippen molar-refractivity contribution in [3.05, 3.63) is 41.6 Å². The van der Waals surface area contributed by atoms with Crippen LogP contribution in [-0.4, -0.2) is 75.0 Å². The Balaban J connectivity index is 1.57. The number of allylic oxidation sites excluding steroid dienone is 2. The van der Waals surface area contributed by atoms with E-state index in [0.29, 0.717) is 66.8 Å². The van der Waals surface area contributed by atoms with Gasteiger partial charge in [-0.2, -0.15) is 0 Å². The van der Waals surface area contributed by atoms with E-state index in [1.165, 1.54) is 0 Å². The molecule has 4 rings (SSSR count). The molecule has 1 aliphatic heterocycles. The van der Waals surface area contributed by atoms with E-state index in [2.05, 4.69) is 15.3 Å². The standard InChI is InChI=1S/C24H34N6O4/c1-34-11-3-8-30-21-20(27-24(30)28-22(32)17-4-2-5-19(25)12-17)13-18(14-26-21)23(33)29-9-6-16(15-31)7-10-29/h2,4-5,13-14,16,19,23,31,33H,3,6-12,15,25H2,1H3,(H,27,28,32). The predicted molar refractivity (Wildman–Crippen MR) is 129 cm³/mol. The first kappa shape index (κ1) is 24.5. The topological polar surface area (TPSA) is 139 Å². The Hall–Kier alpha value is -2.63. The lowest BCUT2D eigenvalue weighted by Crippen LogP contribution is -2.37. The van der Waals surface area contributed by atoms with Crippen molar-refractivity contribution >= 4 is 23.0 Å². The molecule has 2 aromatic rings. The number of nitrogens with zero attached hydrogens (tertiary/aromatic N) is 4. The summed E-state index contributed by atoms with van der Waals surface area (Å²) < 4.78 is 7.06. The van der Waals surface area contributed by atoms with Gasteiger partial charge in [0.1, 0.15) is 11.7 Å². The molecule has 1 saturated heterocycles. The van der Waals surface area contributed by atoms with Gasteiger partial charge in [0.25, 0.3) is 5.91 Å². The van der Waals surface area contributed by atoms with Gasteiger partial charge < -0.3 is 20.7 Å². The van der Waals surface area contributed by atoms with Crippen LogP contribution in [0.25, 0.3) is 11.2 Å². The number of imidazole rings is 1. The van der Waals surface area contributed by atoms with Gasteiger partial charge in [0, 0.05) is 63.3 Å². The number of aryl methyl sites for hydroxylation is 1. The van der Waals surface area contributed by atoms with Crippen molar-refractivity contribution in [1.29, 1.82) is 0 Å². The SMILES string of the molecule is COCCCn1c(NC(=O)C2=CC=CC(N)C2)nc2cc(C(O)N3CCC(CO)CC3)cnc21. The number of nitrogens with two attached hydrogens (primary N) is 1. The number of aliphatic hydroxyl groups excluding tert-OH is 2. The highest BCUT2D eigenvalue weighted by atomic mass is 16.5. The second kappa shape index (κ2) is 11.2. The number of anilines is 1. The summed E-state index contributed by atoms with van der Waals surface area (Å²) in [6.45, 7) is 2.75. The van der Waals surface area contributed by atoms with Crippen molar-refractivity contribution in [3.8, 4) is 0 Å². The molecule has 0 saturated carbocycles. The number of hydrogen-bond donors (Lipinski definition) is 4. The molecule has 2 aliphatic rings. The lowest BCUT2D eigenvalue weighted by Gasteiger charge is -2.34. The van der Waals surface area contributed by atoms with E-state index in [1.54, 1.807) is 25.5 Å². The molecule has 10 nitrogen and oxygen atoms in total. The molecule has 3 heterocycles. The zero-order valence-electron chi connectivity index (χ0n) is 19.6. The molecule has 0 bridgehead atoms. The zero-order chi connectivity index (χ0) is 24.1. The number of likely N-dealkylation sites (tertiary alicyclic amines) is 1. The highest BCUT2D eigenvalue weighted by Crippen LogP contribution is 2.27. The van der Waals surface area contributed by atoms with Crippen LogP contribution in [0.15, 0.2) is 36.1 Å². The van der Waals surface area contributed by atoms with Crippen molar-refractivity contribution in [2.75, 3.05) is 38.7 Å². The number of ether oxygens (including phenoxy) is 1. The van der Waals surface area contributed by atoms with Crippen molar-refractivity contribution in [1.82, 2.24) is 19.4 Å². The van der Waals surface area contributed by atoms with Crippen LogP contribution in [0.3, 0.4) is 0 Å². The van der Waals surface area contributed by atoms with Crippen LogP contribution in [0, 0.1) is 5.92 Å². The summed E-state index contributed by atoms with van der Waals surface area (Å²) in [6.07, 6.45) is 9.19. The summed E-state index contributed by atoms with van der Waals surface area (Å²) in [5.41, 5.74) is 8.44. The zero-order valence-corrected chi connectivity index (χ0v) is 19.6. The van der Waals surface area contributed by atoms with Gasteiger partial charge in [-0.25, -0.2) is 9.97 Å². The Kier molecular flexibility index (Phi) is 8.07. The molecular formula is C24H34N6O4. The fraction of sp³-hybridized carbons (Fsp3) is 0.542.